The second kappa shape index (κ2) is 5.00. The molecule has 0 unspecified atom stereocenters. The lowest BCUT2D eigenvalue weighted by atomic mass is 9.92. The Kier molecular flexibility index (Phi) is 3.42. The van der Waals surface area contributed by atoms with E-state index in [-0.39, 0.29) is 16.9 Å². The van der Waals surface area contributed by atoms with Gasteiger partial charge in [0, 0.05) is 0 Å². The largest absolute Gasteiger partial charge is 0.507 e. The Morgan fingerprint density at radius 3 is 2.78 bits per heavy atom. The quantitative estimate of drug-likeness (QED) is 0.562. The van der Waals surface area contributed by atoms with Crippen LogP contribution in [0.2, 0.25) is 0 Å². The van der Waals surface area contributed by atoms with Crippen LogP contribution in [0.15, 0.2) is 42.5 Å². The van der Waals surface area contributed by atoms with Crippen LogP contribution in [0.4, 0.5) is 0 Å². The predicted molar refractivity (Wildman–Crippen MR) is 68.7 cm³/mol. The van der Waals surface area contributed by atoms with Crippen molar-refractivity contribution in [3.63, 3.8) is 0 Å². The summed E-state index contributed by atoms with van der Waals surface area (Å²) in [6.07, 6.45) is 5.43. The van der Waals surface area contributed by atoms with Crippen molar-refractivity contribution in [2.45, 2.75) is 19.3 Å². The van der Waals surface area contributed by atoms with Crippen molar-refractivity contribution in [2.24, 2.45) is 0 Å². The minimum absolute atomic E-state index is 0.0870. The smallest absolute Gasteiger partial charge is 0.200 e. The Bertz CT molecular complexity index is 553. The molecular formula is C15H14O3. The van der Waals surface area contributed by atoms with Gasteiger partial charge in [-0.1, -0.05) is 24.8 Å². The highest BCUT2D eigenvalue weighted by Gasteiger charge is 2.22. The Morgan fingerprint density at radius 1 is 1.22 bits per heavy atom. The van der Waals surface area contributed by atoms with Crippen LogP contribution < -0.4 is 0 Å². The van der Waals surface area contributed by atoms with Crippen molar-refractivity contribution < 1.29 is 14.7 Å². The molecule has 3 heteroatoms. The summed E-state index contributed by atoms with van der Waals surface area (Å²) in [5.41, 5.74) is 0.881. The molecule has 0 heterocycles. The lowest BCUT2D eigenvalue weighted by Gasteiger charge is -2.12. The molecule has 2 rings (SSSR count). The van der Waals surface area contributed by atoms with Crippen LogP contribution in [0.1, 0.15) is 28.8 Å². The summed E-state index contributed by atoms with van der Waals surface area (Å²) in [6.45, 7) is 3.53. The summed E-state index contributed by atoms with van der Waals surface area (Å²) in [6, 6.07) is 4.96. The van der Waals surface area contributed by atoms with E-state index in [1.54, 1.807) is 18.2 Å². The fraction of sp³-hybridized carbons (Fsp3) is 0.200. The van der Waals surface area contributed by atoms with Gasteiger partial charge < -0.3 is 5.11 Å². The molecule has 1 aliphatic carbocycles. The molecule has 18 heavy (non-hydrogen) atoms. The van der Waals surface area contributed by atoms with E-state index in [0.717, 1.165) is 18.4 Å². The monoisotopic (exact) mass is 242 g/mol. The van der Waals surface area contributed by atoms with Gasteiger partial charge in [-0.15, -0.1) is 0 Å². The first-order valence-corrected chi connectivity index (χ1v) is 5.86. The average Bonchev–Trinajstić information content (AvgIpc) is 2.36. The van der Waals surface area contributed by atoms with E-state index < -0.39 is 11.6 Å². The van der Waals surface area contributed by atoms with Crippen molar-refractivity contribution in [1.29, 1.82) is 0 Å². The second-order valence-corrected chi connectivity index (χ2v) is 4.28. The molecule has 0 atom stereocenters. The van der Waals surface area contributed by atoms with Crippen molar-refractivity contribution in [3.8, 4) is 5.75 Å². The first-order chi connectivity index (χ1) is 8.61. The fourth-order valence-corrected chi connectivity index (χ4v) is 2.02. The Morgan fingerprint density at radius 2 is 2.00 bits per heavy atom. The number of benzene rings is 1. The summed E-state index contributed by atoms with van der Waals surface area (Å²) < 4.78 is 0. The number of phenols is 1. The van der Waals surface area contributed by atoms with E-state index in [1.807, 2.05) is 0 Å². The number of aryl methyl sites for hydroxylation is 1. The molecule has 1 aliphatic rings. The first-order valence-electron chi connectivity index (χ1n) is 5.86. The molecule has 0 fully saturated rings. The summed E-state index contributed by atoms with van der Waals surface area (Å²) in [5.74, 6) is -0.966. The van der Waals surface area contributed by atoms with Gasteiger partial charge in [-0.3, -0.25) is 9.59 Å². The molecule has 1 N–H and O–H groups in total. The molecule has 0 spiro atoms. The Hall–Kier alpha value is -2.16. The molecule has 0 saturated carbocycles. The molecular weight excluding hydrogens is 228 g/mol. The molecule has 0 aromatic heterocycles. The van der Waals surface area contributed by atoms with Crippen molar-refractivity contribution in [3.05, 3.63) is 53.6 Å². The summed E-state index contributed by atoms with van der Waals surface area (Å²) >= 11 is 0. The van der Waals surface area contributed by atoms with Crippen LogP contribution in [0.5, 0.6) is 5.75 Å². The zero-order valence-corrected chi connectivity index (χ0v) is 9.98. The highest BCUT2D eigenvalue weighted by atomic mass is 16.3. The van der Waals surface area contributed by atoms with E-state index >= 15 is 0 Å². The average molecular weight is 242 g/mol. The number of carbonyl (C=O) groups is 2. The maximum atomic E-state index is 12.2. The number of phenolic OH excluding ortho intramolecular Hbond substituents is 1. The van der Waals surface area contributed by atoms with Crippen molar-refractivity contribution in [1.82, 2.24) is 0 Å². The van der Waals surface area contributed by atoms with Crippen LogP contribution in [0, 0.1) is 0 Å². The number of ketones is 2. The van der Waals surface area contributed by atoms with Crippen molar-refractivity contribution in [2.75, 3.05) is 0 Å². The molecule has 0 saturated heterocycles. The standard InChI is InChI=1S/C15H14O3/c1-10-12(16)8-4-2-3-6-11-7-5-9-13(17)14(11)15(10)18/h4-5,7-9,17H,1-3,6H2/b8-4-. The zero-order chi connectivity index (χ0) is 13.1. The number of Topliss-reactive ketones (excluding diaryl/α,β-unsaturated/α-hetero) is 1. The van der Waals surface area contributed by atoms with Gasteiger partial charge in [0.2, 0.25) is 0 Å². The number of fused-ring (bicyclic) bond motifs is 1. The van der Waals surface area contributed by atoms with Gasteiger partial charge in [-0.25, -0.2) is 0 Å². The summed E-state index contributed by atoms with van der Waals surface area (Å²) in [7, 11) is 0. The minimum Gasteiger partial charge on any atom is -0.507 e. The van der Waals surface area contributed by atoms with Crippen LogP contribution in [-0.2, 0) is 11.2 Å². The number of carbonyl (C=O) groups excluding carboxylic acids is 2. The van der Waals surface area contributed by atoms with Gasteiger partial charge in [-0.2, -0.15) is 0 Å². The third kappa shape index (κ3) is 2.25. The molecule has 0 radical (unpaired) electrons. The van der Waals surface area contributed by atoms with Crippen LogP contribution >= 0.6 is 0 Å². The molecule has 1 aromatic carbocycles. The highest BCUT2D eigenvalue weighted by molar-refractivity contribution is 6.29. The highest BCUT2D eigenvalue weighted by Crippen LogP contribution is 2.26. The SMILES string of the molecule is C=C1C(=O)/C=C\CCCc2cccc(O)c2C1=O. The van der Waals surface area contributed by atoms with Gasteiger partial charge in [0.05, 0.1) is 11.1 Å². The van der Waals surface area contributed by atoms with E-state index in [0.29, 0.717) is 6.42 Å². The van der Waals surface area contributed by atoms with Gasteiger partial charge in [-0.05, 0) is 37.0 Å². The van der Waals surface area contributed by atoms with Crippen LogP contribution in [0.25, 0.3) is 0 Å². The minimum atomic E-state index is -0.486. The zero-order valence-electron chi connectivity index (χ0n) is 9.98. The maximum Gasteiger partial charge on any atom is 0.200 e. The fourth-order valence-electron chi connectivity index (χ4n) is 2.02. The second-order valence-electron chi connectivity index (χ2n) is 4.28. The molecule has 1 aromatic rings. The van der Waals surface area contributed by atoms with Crippen LogP contribution in [-0.4, -0.2) is 16.7 Å². The first kappa shape index (κ1) is 12.3. The van der Waals surface area contributed by atoms with Gasteiger partial charge in [0.1, 0.15) is 5.75 Å². The number of allylic oxidation sites excluding steroid dienone is 3. The summed E-state index contributed by atoms with van der Waals surface area (Å²) in [4.78, 5) is 23.8. The van der Waals surface area contributed by atoms with Crippen LogP contribution in [0.3, 0.4) is 0 Å². The third-order valence-electron chi connectivity index (χ3n) is 3.01. The number of rotatable bonds is 0. The van der Waals surface area contributed by atoms with E-state index in [2.05, 4.69) is 6.58 Å². The van der Waals surface area contributed by atoms with E-state index in [1.165, 1.54) is 12.1 Å². The lowest BCUT2D eigenvalue weighted by molar-refractivity contribution is -0.111. The Labute approximate surface area is 105 Å². The normalized spacial score (nSPS) is 18.3. The number of hydrogen-bond acceptors (Lipinski definition) is 3. The predicted octanol–water partition coefficient (Wildman–Crippen LogP) is 2.59. The molecule has 0 bridgehead atoms. The topological polar surface area (TPSA) is 54.4 Å². The molecule has 0 aliphatic heterocycles. The lowest BCUT2D eigenvalue weighted by Crippen LogP contribution is -2.13. The van der Waals surface area contributed by atoms with Gasteiger partial charge >= 0.3 is 0 Å². The maximum absolute atomic E-state index is 12.2. The third-order valence-corrected chi connectivity index (χ3v) is 3.01. The molecule has 92 valence electrons. The molecule has 0 amide bonds. The number of aromatic hydroxyl groups is 1. The van der Waals surface area contributed by atoms with Gasteiger partial charge in [0.15, 0.2) is 11.6 Å². The van der Waals surface area contributed by atoms with Gasteiger partial charge in [0.25, 0.3) is 0 Å². The number of hydrogen-bond donors (Lipinski definition) is 1. The van der Waals surface area contributed by atoms with Crippen molar-refractivity contribution >= 4 is 11.6 Å². The van der Waals surface area contributed by atoms with E-state index in [9.17, 15) is 14.7 Å². The Balaban J connectivity index is 2.53. The summed E-state index contributed by atoms with van der Waals surface area (Å²) in [5, 5.41) is 9.82. The van der Waals surface area contributed by atoms with E-state index in [4.69, 9.17) is 0 Å². The molecule has 3 nitrogen and oxygen atoms in total.